The van der Waals surface area contributed by atoms with Gasteiger partial charge in [0.1, 0.15) is 5.82 Å². The Kier molecular flexibility index (Phi) is 6.69. The van der Waals surface area contributed by atoms with Gasteiger partial charge in [-0.05, 0) is 56.2 Å². The van der Waals surface area contributed by atoms with Crippen LogP contribution in [0, 0.1) is 6.92 Å². The predicted molar refractivity (Wildman–Crippen MR) is 125 cm³/mol. The van der Waals surface area contributed by atoms with Crippen molar-refractivity contribution in [2.45, 2.75) is 19.8 Å². The van der Waals surface area contributed by atoms with Gasteiger partial charge in [0, 0.05) is 36.2 Å². The van der Waals surface area contributed by atoms with Crippen molar-refractivity contribution >= 4 is 29.0 Å². The van der Waals surface area contributed by atoms with E-state index in [1.807, 2.05) is 49.4 Å². The summed E-state index contributed by atoms with van der Waals surface area (Å²) in [5.41, 5.74) is 2.43. The Morgan fingerprint density at radius 3 is 2.41 bits per heavy atom. The van der Waals surface area contributed by atoms with E-state index < -0.39 is 0 Å². The molecule has 0 saturated carbocycles. The third kappa shape index (κ3) is 5.46. The second-order valence-corrected chi connectivity index (χ2v) is 7.58. The molecule has 32 heavy (non-hydrogen) atoms. The topological polar surface area (TPSA) is 88.6 Å². The van der Waals surface area contributed by atoms with Crippen LogP contribution in [0.2, 0.25) is 0 Å². The van der Waals surface area contributed by atoms with Crippen LogP contribution >= 0.6 is 0 Å². The van der Waals surface area contributed by atoms with Crippen LogP contribution in [0.1, 0.15) is 18.5 Å². The summed E-state index contributed by atoms with van der Waals surface area (Å²) in [7, 11) is 1.56. The lowest BCUT2D eigenvalue weighted by Crippen LogP contribution is -2.20. The number of hydrogen-bond acceptors (Lipinski definition) is 7. The van der Waals surface area contributed by atoms with Gasteiger partial charge in [0.2, 0.25) is 5.95 Å². The summed E-state index contributed by atoms with van der Waals surface area (Å²) < 4.78 is 10.8. The Bertz CT molecular complexity index is 1070. The first-order chi connectivity index (χ1) is 15.6. The number of ether oxygens (including phenoxy) is 2. The molecule has 1 aromatic heterocycles. The summed E-state index contributed by atoms with van der Waals surface area (Å²) in [5.74, 6) is 2.37. The highest BCUT2D eigenvalue weighted by Crippen LogP contribution is 2.26. The molecular formula is C24H27N5O3. The number of rotatable bonds is 8. The molecule has 0 atom stereocenters. The molecule has 3 aromatic rings. The molecule has 2 heterocycles. The van der Waals surface area contributed by atoms with Gasteiger partial charge in [-0.25, -0.2) is 4.98 Å². The second kappa shape index (κ2) is 10.00. The van der Waals surface area contributed by atoms with Crippen LogP contribution in [-0.2, 0) is 4.79 Å². The number of methoxy groups -OCH3 is 1. The van der Waals surface area contributed by atoms with Crippen molar-refractivity contribution in [3.05, 3.63) is 60.3 Å². The van der Waals surface area contributed by atoms with E-state index in [1.165, 1.54) is 12.8 Å². The monoisotopic (exact) mass is 433 g/mol. The molecule has 0 bridgehead atoms. The number of para-hydroxylation sites is 2. The van der Waals surface area contributed by atoms with Crippen molar-refractivity contribution in [2.24, 2.45) is 0 Å². The Labute approximate surface area is 187 Å². The average Bonchev–Trinajstić information content (AvgIpc) is 3.34. The fourth-order valence-electron chi connectivity index (χ4n) is 3.56. The largest absolute Gasteiger partial charge is 0.493 e. The molecule has 0 spiro atoms. The minimum atomic E-state index is -0.256. The zero-order valence-corrected chi connectivity index (χ0v) is 18.3. The summed E-state index contributed by atoms with van der Waals surface area (Å²) in [6.45, 7) is 3.92. The number of hydrogen-bond donors (Lipinski definition) is 2. The van der Waals surface area contributed by atoms with Gasteiger partial charge in [-0.3, -0.25) is 4.79 Å². The average molecular weight is 434 g/mol. The first kappa shape index (κ1) is 21.4. The van der Waals surface area contributed by atoms with Gasteiger partial charge in [0.15, 0.2) is 18.1 Å². The molecule has 1 saturated heterocycles. The van der Waals surface area contributed by atoms with Crippen molar-refractivity contribution in [1.29, 1.82) is 0 Å². The molecule has 2 aromatic carbocycles. The molecule has 1 amide bonds. The van der Waals surface area contributed by atoms with E-state index in [-0.39, 0.29) is 12.5 Å². The number of carbonyl (C=O) groups excluding carboxylic acids is 1. The summed E-state index contributed by atoms with van der Waals surface area (Å²) in [6.07, 6.45) is 2.39. The van der Waals surface area contributed by atoms with Crippen molar-refractivity contribution in [1.82, 2.24) is 9.97 Å². The smallest absolute Gasteiger partial charge is 0.262 e. The first-order valence-electron chi connectivity index (χ1n) is 10.6. The predicted octanol–water partition coefficient (Wildman–Crippen LogP) is 4.15. The van der Waals surface area contributed by atoms with E-state index in [1.54, 1.807) is 19.2 Å². The SMILES string of the molecule is COc1ccccc1OCC(=O)Nc1ccc(Nc2nc(C)cc(N3CCCC3)n2)cc1. The highest BCUT2D eigenvalue weighted by atomic mass is 16.5. The van der Waals surface area contributed by atoms with Crippen molar-refractivity contribution in [3.8, 4) is 11.5 Å². The Morgan fingerprint density at radius 1 is 1.00 bits per heavy atom. The van der Waals surface area contributed by atoms with E-state index in [4.69, 9.17) is 9.47 Å². The minimum absolute atomic E-state index is 0.114. The van der Waals surface area contributed by atoms with Gasteiger partial charge in [-0.2, -0.15) is 4.98 Å². The Hall–Kier alpha value is -3.81. The van der Waals surface area contributed by atoms with Crippen LogP contribution < -0.4 is 25.0 Å². The van der Waals surface area contributed by atoms with E-state index in [2.05, 4.69) is 25.5 Å². The van der Waals surface area contributed by atoms with Gasteiger partial charge in [0.05, 0.1) is 7.11 Å². The Balaban J connectivity index is 1.33. The minimum Gasteiger partial charge on any atom is -0.493 e. The van der Waals surface area contributed by atoms with Crippen molar-refractivity contribution in [3.63, 3.8) is 0 Å². The van der Waals surface area contributed by atoms with Crippen molar-refractivity contribution in [2.75, 3.05) is 42.3 Å². The summed E-state index contributed by atoms with van der Waals surface area (Å²) in [5, 5.41) is 6.07. The maximum atomic E-state index is 12.2. The normalized spacial score (nSPS) is 13.0. The van der Waals surface area contributed by atoms with Crippen LogP contribution in [0.25, 0.3) is 0 Å². The number of nitrogens with one attached hydrogen (secondary N) is 2. The van der Waals surface area contributed by atoms with Crippen LogP contribution in [0.5, 0.6) is 11.5 Å². The highest BCUT2D eigenvalue weighted by molar-refractivity contribution is 5.92. The molecule has 0 aliphatic carbocycles. The van der Waals surface area contributed by atoms with Crippen LogP contribution in [-0.4, -0.2) is 42.7 Å². The standard InChI is InChI=1S/C24H27N5O3/c1-17-15-22(29-13-5-6-14-29)28-24(25-17)27-19-11-9-18(10-12-19)26-23(30)16-32-21-8-4-3-7-20(21)31-2/h3-4,7-12,15H,5-6,13-14,16H2,1-2H3,(H,26,30)(H,25,27,28). The van der Waals surface area contributed by atoms with Crippen LogP contribution in [0.15, 0.2) is 54.6 Å². The van der Waals surface area contributed by atoms with Gasteiger partial charge in [-0.1, -0.05) is 12.1 Å². The fraction of sp³-hybridized carbons (Fsp3) is 0.292. The molecule has 0 radical (unpaired) electrons. The molecule has 0 unspecified atom stereocenters. The number of carbonyl (C=O) groups is 1. The van der Waals surface area contributed by atoms with Crippen LogP contribution in [0.3, 0.4) is 0 Å². The Morgan fingerprint density at radius 2 is 1.69 bits per heavy atom. The van der Waals surface area contributed by atoms with Gasteiger partial charge in [-0.15, -0.1) is 0 Å². The molecule has 4 rings (SSSR count). The number of benzene rings is 2. The summed E-state index contributed by atoms with van der Waals surface area (Å²) >= 11 is 0. The summed E-state index contributed by atoms with van der Waals surface area (Å²) in [6, 6.07) is 16.6. The van der Waals surface area contributed by atoms with Gasteiger partial charge < -0.3 is 25.0 Å². The lowest BCUT2D eigenvalue weighted by Gasteiger charge is -2.17. The molecule has 2 N–H and O–H groups in total. The quantitative estimate of drug-likeness (QED) is 0.552. The third-order valence-electron chi connectivity index (χ3n) is 5.12. The molecule has 8 nitrogen and oxygen atoms in total. The lowest BCUT2D eigenvalue weighted by molar-refractivity contribution is -0.118. The van der Waals surface area contributed by atoms with E-state index >= 15 is 0 Å². The highest BCUT2D eigenvalue weighted by Gasteiger charge is 2.15. The molecule has 1 fully saturated rings. The second-order valence-electron chi connectivity index (χ2n) is 7.58. The molecule has 1 aliphatic rings. The number of aromatic nitrogens is 2. The van der Waals surface area contributed by atoms with E-state index in [9.17, 15) is 4.79 Å². The van der Waals surface area contributed by atoms with Crippen LogP contribution in [0.4, 0.5) is 23.1 Å². The fourth-order valence-corrected chi connectivity index (χ4v) is 3.56. The number of aryl methyl sites for hydroxylation is 1. The third-order valence-corrected chi connectivity index (χ3v) is 5.12. The first-order valence-corrected chi connectivity index (χ1v) is 10.6. The van der Waals surface area contributed by atoms with Gasteiger partial charge in [0.25, 0.3) is 5.91 Å². The molecular weight excluding hydrogens is 406 g/mol. The number of anilines is 4. The lowest BCUT2D eigenvalue weighted by atomic mass is 10.3. The maximum absolute atomic E-state index is 12.2. The molecule has 1 aliphatic heterocycles. The zero-order valence-electron chi connectivity index (χ0n) is 18.3. The van der Waals surface area contributed by atoms with Crippen molar-refractivity contribution < 1.29 is 14.3 Å². The molecule has 8 heteroatoms. The molecule has 166 valence electrons. The summed E-state index contributed by atoms with van der Waals surface area (Å²) in [4.78, 5) is 23.7. The maximum Gasteiger partial charge on any atom is 0.262 e. The van der Waals surface area contributed by atoms with Gasteiger partial charge >= 0.3 is 0 Å². The van der Waals surface area contributed by atoms with E-state index in [0.29, 0.717) is 23.1 Å². The zero-order chi connectivity index (χ0) is 22.3. The number of amides is 1. The number of nitrogens with zero attached hydrogens (tertiary/aromatic N) is 3. The van der Waals surface area contributed by atoms with E-state index in [0.717, 1.165) is 30.3 Å².